The molecule has 0 bridgehead atoms. The van der Waals surface area contributed by atoms with E-state index in [4.69, 9.17) is 23.2 Å². The molecule has 4 nitrogen and oxygen atoms in total. The van der Waals surface area contributed by atoms with Gasteiger partial charge < -0.3 is 10.2 Å². The molecule has 0 radical (unpaired) electrons. The summed E-state index contributed by atoms with van der Waals surface area (Å²) in [7, 11) is 0. The van der Waals surface area contributed by atoms with Gasteiger partial charge in [-0.2, -0.15) is 0 Å². The number of rotatable bonds is 11. The van der Waals surface area contributed by atoms with Crippen LogP contribution in [0.25, 0.3) is 0 Å². The van der Waals surface area contributed by atoms with E-state index in [0.29, 0.717) is 35.1 Å². The zero-order valence-electron chi connectivity index (χ0n) is 19.3. The minimum Gasteiger partial charge on any atom is -0.354 e. The van der Waals surface area contributed by atoms with Crippen molar-refractivity contribution in [2.75, 3.05) is 6.54 Å². The molecule has 0 aliphatic carbocycles. The predicted molar refractivity (Wildman–Crippen MR) is 139 cm³/mol. The van der Waals surface area contributed by atoms with Crippen LogP contribution in [0, 0.1) is 0 Å². The van der Waals surface area contributed by atoms with E-state index in [-0.39, 0.29) is 18.2 Å². The van der Waals surface area contributed by atoms with Crippen LogP contribution in [0.1, 0.15) is 36.5 Å². The molecule has 1 atom stereocenters. The van der Waals surface area contributed by atoms with E-state index in [1.165, 1.54) is 0 Å². The normalized spacial score (nSPS) is 11.6. The molecular weight excluding hydrogens is 467 g/mol. The molecule has 0 saturated heterocycles. The zero-order valence-corrected chi connectivity index (χ0v) is 20.9. The molecule has 34 heavy (non-hydrogen) atoms. The lowest BCUT2D eigenvalue weighted by atomic mass is 10.0. The van der Waals surface area contributed by atoms with Crippen LogP contribution in [-0.4, -0.2) is 29.3 Å². The number of amides is 2. The molecule has 3 rings (SSSR count). The fourth-order valence-corrected chi connectivity index (χ4v) is 4.33. The second-order valence-corrected chi connectivity index (χ2v) is 9.05. The summed E-state index contributed by atoms with van der Waals surface area (Å²) < 4.78 is 0. The van der Waals surface area contributed by atoms with Gasteiger partial charge >= 0.3 is 0 Å². The third-order valence-electron chi connectivity index (χ3n) is 5.69. The Morgan fingerprint density at radius 1 is 0.853 bits per heavy atom. The fourth-order valence-electron chi connectivity index (χ4n) is 3.79. The molecule has 1 N–H and O–H groups in total. The number of hydrogen-bond donors (Lipinski definition) is 1. The Hall–Kier alpha value is -2.82. The first-order chi connectivity index (χ1) is 16.5. The van der Waals surface area contributed by atoms with Gasteiger partial charge in [0.25, 0.3) is 0 Å². The van der Waals surface area contributed by atoms with E-state index in [2.05, 4.69) is 12.2 Å². The van der Waals surface area contributed by atoms with Crippen LogP contribution in [0.3, 0.4) is 0 Å². The van der Waals surface area contributed by atoms with Crippen molar-refractivity contribution in [1.82, 2.24) is 10.2 Å². The summed E-state index contributed by atoms with van der Waals surface area (Å²) in [5.41, 5.74) is 2.50. The maximum absolute atomic E-state index is 13.7. The Balaban J connectivity index is 1.95. The number of nitrogens with one attached hydrogen (secondary N) is 1. The van der Waals surface area contributed by atoms with Gasteiger partial charge in [0.2, 0.25) is 11.8 Å². The Labute approximate surface area is 211 Å². The van der Waals surface area contributed by atoms with E-state index < -0.39 is 6.04 Å². The molecule has 0 aliphatic heterocycles. The van der Waals surface area contributed by atoms with E-state index in [1.807, 2.05) is 60.7 Å². The van der Waals surface area contributed by atoms with Gasteiger partial charge in [-0.05, 0) is 35.2 Å². The molecule has 178 valence electrons. The molecule has 6 heteroatoms. The number of hydrogen-bond acceptors (Lipinski definition) is 2. The second-order valence-electron chi connectivity index (χ2n) is 8.23. The first kappa shape index (κ1) is 25.8. The first-order valence-corrected chi connectivity index (χ1v) is 12.3. The second kappa shape index (κ2) is 13.2. The minimum atomic E-state index is -0.673. The third kappa shape index (κ3) is 7.34. The number of carbonyl (C=O) groups excluding carboxylic acids is 2. The number of unbranched alkanes of at least 4 members (excludes halogenated alkanes) is 1. The molecule has 3 aromatic carbocycles. The van der Waals surface area contributed by atoms with Gasteiger partial charge in [0.15, 0.2) is 0 Å². The summed E-state index contributed by atoms with van der Waals surface area (Å²) in [5, 5.41) is 3.90. The smallest absolute Gasteiger partial charge is 0.243 e. The van der Waals surface area contributed by atoms with Crippen molar-refractivity contribution in [3.8, 4) is 0 Å². The Morgan fingerprint density at radius 2 is 1.44 bits per heavy atom. The number of carbonyl (C=O) groups is 2. The van der Waals surface area contributed by atoms with Crippen LogP contribution in [-0.2, 0) is 29.0 Å². The Kier molecular flexibility index (Phi) is 9.99. The van der Waals surface area contributed by atoms with E-state index in [1.54, 1.807) is 23.1 Å². The lowest BCUT2D eigenvalue weighted by Gasteiger charge is -2.32. The summed E-state index contributed by atoms with van der Waals surface area (Å²) in [5.74, 6) is -0.364. The maximum Gasteiger partial charge on any atom is 0.243 e. The van der Waals surface area contributed by atoms with Crippen molar-refractivity contribution in [2.45, 2.75) is 45.2 Å². The lowest BCUT2D eigenvalue weighted by molar-refractivity contribution is -0.140. The van der Waals surface area contributed by atoms with Gasteiger partial charge in [0.05, 0.1) is 6.42 Å². The monoisotopic (exact) mass is 496 g/mol. The molecule has 0 saturated carbocycles. The van der Waals surface area contributed by atoms with Crippen LogP contribution in [0.5, 0.6) is 0 Å². The molecule has 0 aliphatic rings. The van der Waals surface area contributed by atoms with Crippen molar-refractivity contribution < 1.29 is 9.59 Å². The molecule has 3 aromatic rings. The zero-order chi connectivity index (χ0) is 24.3. The summed E-state index contributed by atoms with van der Waals surface area (Å²) >= 11 is 12.7. The largest absolute Gasteiger partial charge is 0.354 e. The number of benzene rings is 3. The van der Waals surface area contributed by atoms with Crippen LogP contribution in [0.4, 0.5) is 0 Å². The van der Waals surface area contributed by atoms with Crippen LogP contribution < -0.4 is 5.32 Å². The first-order valence-electron chi connectivity index (χ1n) is 11.6. The maximum atomic E-state index is 13.7. The van der Waals surface area contributed by atoms with Crippen LogP contribution in [0.2, 0.25) is 10.0 Å². The molecule has 2 amide bonds. The Morgan fingerprint density at radius 3 is 2.03 bits per heavy atom. The van der Waals surface area contributed by atoms with Crippen molar-refractivity contribution in [1.29, 1.82) is 0 Å². The highest BCUT2D eigenvalue weighted by atomic mass is 35.5. The highest BCUT2D eigenvalue weighted by Crippen LogP contribution is 2.26. The van der Waals surface area contributed by atoms with E-state index in [0.717, 1.165) is 24.0 Å². The van der Waals surface area contributed by atoms with Gasteiger partial charge in [-0.1, -0.05) is 103 Å². The minimum absolute atomic E-state index is 0.0128. The molecular formula is C28H30Cl2N2O2. The molecule has 0 fully saturated rings. The molecule has 0 heterocycles. The predicted octanol–water partition coefficient (Wildman–Crippen LogP) is 6.09. The summed E-state index contributed by atoms with van der Waals surface area (Å²) in [6, 6.07) is 24.0. The van der Waals surface area contributed by atoms with Gasteiger partial charge in [0, 0.05) is 29.6 Å². The van der Waals surface area contributed by atoms with Gasteiger partial charge in [-0.25, -0.2) is 0 Å². The van der Waals surface area contributed by atoms with Gasteiger partial charge in [0.1, 0.15) is 6.04 Å². The Bertz CT molecular complexity index is 1050. The van der Waals surface area contributed by atoms with E-state index >= 15 is 0 Å². The highest BCUT2D eigenvalue weighted by Gasteiger charge is 2.30. The van der Waals surface area contributed by atoms with Crippen molar-refractivity contribution in [2.24, 2.45) is 0 Å². The quantitative estimate of drug-likeness (QED) is 0.326. The summed E-state index contributed by atoms with van der Waals surface area (Å²) in [6.07, 6.45) is 2.28. The molecule has 0 aromatic heterocycles. The fraction of sp³-hybridized carbons (Fsp3) is 0.286. The lowest BCUT2D eigenvalue weighted by Crippen LogP contribution is -2.51. The van der Waals surface area contributed by atoms with Gasteiger partial charge in [-0.15, -0.1) is 0 Å². The molecule has 0 spiro atoms. The number of halogens is 2. The van der Waals surface area contributed by atoms with Gasteiger partial charge in [-0.3, -0.25) is 9.59 Å². The third-order valence-corrected chi connectivity index (χ3v) is 6.39. The van der Waals surface area contributed by atoms with Crippen molar-refractivity contribution in [3.05, 3.63) is 106 Å². The highest BCUT2D eigenvalue weighted by molar-refractivity contribution is 6.36. The average molecular weight is 497 g/mol. The van der Waals surface area contributed by atoms with Crippen LogP contribution >= 0.6 is 23.2 Å². The summed E-state index contributed by atoms with van der Waals surface area (Å²) in [4.78, 5) is 28.8. The van der Waals surface area contributed by atoms with Crippen LogP contribution in [0.15, 0.2) is 78.9 Å². The van der Waals surface area contributed by atoms with E-state index in [9.17, 15) is 9.59 Å². The average Bonchev–Trinajstić information content (AvgIpc) is 2.85. The topological polar surface area (TPSA) is 49.4 Å². The summed E-state index contributed by atoms with van der Waals surface area (Å²) in [6.45, 7) is 2.96. The standard InChI is InChI=1S/C28H30Cl2N2O2/c1-2-3-17-31-28(34)26(18-21-11-6-4-7-12-21)32(20-22-13-8-5-9-14-22)27(33)19-23-24(29)15-10-16-25(23)30/h4-16,26H,2-3,17-20H2,1H3,(H,31,34)/t26-/m1/s1. The van der Waals surface area contributed by atoms with Crippen molar-refractivity contribution in [3.63, 3.8) is 0 Å². The SMILES string of the molecule is CCCCNC(=O)[C@@H](Cc1ccccc1)N(Cc1ccccc1)C(=O)Cc1c(Cl)cccc1Cl. The van der Waals surface area contributed by atoms with Crippen molar-refractivity contribution >= 4 is 35.0 Å². The number of nitrogens with zero attached hydrogens (tertiary/aromatic N) is 1. The molecule has 0 unspecified atom stereocenters.